The predicted octanol–water partition coefficient (Wildman–Crippen LogP) is 2.79. The summed E-state index contributed by atoms with van der Waals surface area (Å²) in [5.74, 6) is -6.68. The topological polar surface area (TPSA) is 246 Å². The number of aromatic nitrogens is 2. The number of carbonyl (C=O) groups is 5. The number of carboxylic acids is 3. The van der Waals surface area contributed by atoms with Crippen molar-refractivity contribution in [2.45, 2.75) is 37.4 Å². The van der Waals surface area contributed by atoms with Gasteiger partial charge in [0.2, 0.25) is 11.1 Å². The van der Waals surface area contributed by atoms with Crippen molar-refractivity contribution in [1.82, 2.24) is 15.2 Å². The maximum Gasteiger partial charge on any atom is 0.352 e. The number of aliphatic carboxylic acids is 2. The minimum atomic E-state index is -1.80. The number of rotatable bonds is 12. The van der Waals surface area contributed by atoms with Crippen LogP contribution >= 0.6 is 23.1 Å². The van der Waals surface area contributed by atoms with Gasteiger partial charge >= 0.3 is 17.9 Å². The van der Waals surface area contributed by atoms with E-state index in [1.165, 1.54) is 49.3 Å². The van der Waals surface area contributed by atoms with Gasteiger partial charge in [-0.3, -0.25) is 14.5 Å². The maximum atomic E-state index is 13.9. The number of β-lactam (4-membered cyclic amide) rings is 1. The second-order valence-corrected chi connectivity index (χ2v) is 14.5. The molecule has 2 aromatic carbocycles. The van der Waals surface area contributed by atoms with Crippen LogP contribution in [0, 0.1) is 5.82 Å². The normalized spacial score (nSPS) is 17.4. The van der Waals surface area contributed by atoms with E-state index in [4.69, 9.17) is 10.6 Å². The molecular formula is C35H30FN6O10S2+. The van der Waals surface area contributed by atoms with Crippen LogP contribution < -0.4 is 15.6 Å². The van der Waals surface area contributed by atoms with Crippen LogP contribution in [0.4, 0.5) is 9.52 Å². The standard InChI is InChI=1S/C35H29FN6O10S2/c1-35(2,33(50)51)52-40-24(22-15-54-34(37)38-22)28(44)39-25-29(45)42-26(32(48)49)18(14-53-30(25)42)8-7-16-3-5-17(6-4-16)12-41-13-21(31(46)47)27(43)20-11-19(36)9-10-23(20)41/h3-11,13,15,25,30H,12,14H2,1-2H3,(H6,37,38,39,44,46,47,48,49,50,51)/p+1/b8-7+,40-24-. The molecule has 4 heterocycles. The molecule has 6 rings (SSSR count). The number of carboxylic acid groups (broad SMARTS) is 3. The van der Waals surface area contributed by atoms with E-state index in [0.717, 1.165) is 27.9 Å². The summed E-state index contributed by atoms with van der Waals surface area (Å²) >= 11 is 2.22. The van der Waals surface area contributed by atoms with Crippen LogP contribution in [0.3, 0.4) is 0 Å². The van der Waals surface area contributed by atoms with E-state index >= 15 is 0 Å². The number of thioether (sulfide) groups is 1. The van der Waals surface area contributed by atoms with Gasteiger partial charge in [0.15, 0.2) is 29.1 Å². The average molecular weight is 778 g/mol. The molecule has 2 unspecified atom stereocenters. The Morgan fingerprint density at radius 2 is 1.85 bits per heavy atom. The summed E-state index contributed by atoms with van der Waals surface area (Å²) in [6, 6.07) is 9.61. The summed E-state index contributed by atoms with van der Waals surface area (Å²) in [4.78, 5) is 72.6. The van der Waals surface area contributed by atoms with E-state index in [9.17, 15) is 48.8 Å². The van der Waals surface area contributed by atoms with Crippen molar-refractivity contribution in [3.05, 3.63) is 99.6 Å². The Hall–Kier alpha value is -6.34. The van der Waals surface area contributed by atoms with E-state index in [2.05, 4.69) is 15.5 Å². The Bertz CT molecular complexity index is 2340. The Kier molecular flexibility index (Phi) is 10.1. The fourth-order valence-electron chi connectivity index (χ4n) is 5.58. The highest BCUT2D eigenvalue weighted by Gasteiger charge is 2.54. The first-order chi connectivity index (χ1) is 25.5. The van der Waals surface area contributed by atoms with Crippen LogP contribution in [-0.4, -0.2) is 88.5 Å². The van der Waals surface area contributed by atoms with Crippen molar-refractivity contribution in [2.75, 3.05) is 11.5 Å². The van der Waals surface area contributed by atoms with Gasteiger partial charge in [0.1, 0.15) is 34.4 Å². The number of anilines is 1. The van der Waals surface area contributed by atoms with Gasteiger partial charge in [0.05, 0.1) is 5.39 Å². The zero-order valence-corrected chi connectivity index (χ0v) is 29.9. The summed E-state index contributed by atoms with van der Waals surface area (Å²) in [6.45, 7) is 2.63. The molecule has 2 aliphatic heterocycles. The van der Waals surface area contributed by atoms with E-state index in [1.807, 2.05) is 0 Å². The fraction of sp³-hybridized carbons (Fsp3) is 0.200. The van der Waals surface area contributed by atoms with Crippen LogP contribution in [0.1, 0.15) is 41.0 Å². The first-order valence-electron chi connectivity index (χ1n) is 15.8. The van der Waals surface area contributed by atoms with Gasteiger partial charge in [0.25, 0.3) is 11.8 Å². The van der Waals surface area contributed by atoms with Gasteiger partial charge in [-0.05, 0) is 37.1 Å². The lowest BCUT2D eigenvalue weighted by Crippen LogP contribution is -2.71. The zero-order chi connectivity index (χ0) is 39.1. The van der Waals surface area contributed by atoms with Crippen LogP contribution in [0.2, 0.25) is 0 Å². The van der Waals surface area contributed by atoms with E-state index in [0.29, 0.717) is 16.7 Å². The number of nitrogens with one attached hydrogen (secondary N) is 1. The minimum absolute atomic E-state index is 0.0145. The number of oxime groups is 1. The number of pyridine rings is 1. The molecule has 16 nitrogen and oxygen atoms in total. The lowest BCUT2D eigenvalue weighted by molar-refractivity contribution is -0.662. The molecule has 4 aromatic rings. The number of nitrogens with two attached hydrogens (primary N) is 1. The third-order valence-electron chi connectivity index (χ3n) is 8.45. The molecule has 2 atom stereocenters. The number of amides is 2. The highest BCUT2D eigenvalue weighted by Crippen LogP contribution is 2.41. The predicted molar refractivity (Wildman–Crippen MR) is 193 cm³/mol. The Morgan fingerprint density at radius 3 is 2.48 bits per heavy atom. The lowest BCUT2D eigenvalue weighted by Gasteiger charge is -2.49. The van der Waals surface area contributed by atoms with Gasteiger partial charge in [-0.25, -0.2) is 23.8 Å². The number of hydrogen-bond donors (Lipinski definition) is 6. The average Bonchev–Trinajstić information content (AvgIpc) is 3.56. The molecule has 7 N–H and O–H groups in total. The second-order valence-electron chi connectivity index (χ2n) is 12.5. The summed E-state index contributed by atoms with van der Waals surface area (Å²) in [7, 11) is 0. The third-order valence-corrected chi connectivity index (χ3v) is 10.4. The van der Waals surface area contributed by atoms with Gasteiger partial charge in [-0.1, -0.05) is 41.6 Å². The van der Waals surface area contributed by atoms with Crippen molar-refractivity contribution < 1.29 is 58.2 Å². The van der Waals surface area contributed by atoms with Crippen molar-refractivity contribution >= 4 is 80.6 Å². The lowest BCUT2D eigenvalue weighted by atomic mass is 10.0. The molecule has 54 heavy (non-hydrogen) atoms. The number of allylic oxidation sites excluding steroid dienone is 1. The molecule has 1 saturated heterocycles. The van der Waals surface area contributed by atoms with Crippen molar-refractivity contribution in [2.24, 2.45) is 5.16 Å². The molecule has 278 valence electrons. The molecule has 0 saturated carbocycles. The molecule has 0 aliphatic carbocycles. The third kappa shape index (κ3) is 7.30. The number of benzene rings is 2. The maximum absolute atomic E-state index is 13.9. The highest BCUT2D eigenvalue weighted by atomic mass is 32.2. The van der Waals surface area contributed by atoms with Gasteiger partial charge in [-0.2, -0.15) is 4.57 Å². The molecule has 2 aromatic heterocycles. The van der Waals surface area contributed by atoms with Crippen LogP contribution in [-0.2, 0) is 30.6 Å². The van der Waals surface area contributed by atoms with Gasteiger partial charge in [0, 0.05) is 22.8 Å². The molecule has 1 fully saturated rings. The van der Waals surface area contributed by atoms with Gasteiger partial charge < -0.3 is 36.3 Å². The number of hydrogen-bond acceptors (Lipinski definition) is 12. The first-order valence-corrected chi connectivity index (χ1v) is 17.8. The highest BCUT2D eigenvalue weighted by molar-refractivity contribution is 8.00. The zero-order valence-electron chi connectivity index (χ0n) is 28.2. The Balaban J connectivity index is 1.18. The SMILES string of the molecule is CC(C)(O/N=C(\C(=O)NC1C(=O)N2C(C(=O)O)=C(/C=C/c3ccc(C[n+]4cc(C(=O)O)c(O)c5cc(F)ccc54)cc3)CSC12)c1csc(N)n1)C(=O)O. The van der Waals surface area contributed by atoms with Crippen LogP contribution in [0.5, 0.6) is 5.75 Å². The summed E-state index contributed by atoms with van der Waals surface area (Å²) < 4.78 is 15.5. The number of halogens is 1. The van der Waals surface area contributed by atoms with Gasteiger partial charge in [-0.15, -0.1) is 23.1 Å². The second kappa shape index (κ2) is 14.6. The number of aromatic carboxylic acids is 1. The van der Waals surface area contributed by atoms with Crippen LogP contribution in [0.15, 0.2) is 76.5 Å². The molecule has 2 amide bonds. The van der Waals surface area contributed by atoms with E-state index < -0.39 is 64.0 Å². The summed E-state index contributed by atoms with van der Waals surface area (Å²) in [5, 5.41) is 46.5. The number of fused-ring (bicyclic) bond motifs is 2. The molecule has 2 aliphatic rings. The van der Waals surface area contributed by atoms with E-state index in [-0.39, 0.29) is 39.8 Å². The largest absolute Gasteiger partial charge is 0.506 e. The minimum Gasteiger partial charge on any atom is -0.506 e. The van der Waals surface area contributed by atoms with Crippen LogP contribution in [0.25, 0.3) is 17.0 Å². The Morgan fingerprint density at radius 1 is 1.13 bits per heavy atom. The number of nitrogens with zero attached hydrogens (tertiary/aromatic N) is 4. The fourth-order valence-corrected chi connectivity index (χ4v) is 7.44. The molecule has 0 spiro atoms. The monoisotopic (exact) mass is 777 g/mol. The summed E-state index contributed by atoms with van der Waals surface area (Å²) in [6.07, 6.45) is 4.52. The molecule has 0 radical (unpaired) electrons. The van der Waals surface area contributed by atoms with Crippen molar-refractivity contribution in [3.8, 4) is 5.75 Å². The van der Waals surface area contributed by atoms with E-state index in [1.54, 1.807) is 41.0 Å². The molecular weight excluding hydrogens is 748 g/mol. The number of carbonyl (C=O) groups excluding carboxylic acids is 2. The number of aromatic hydroxyl groups is 1. The Labute approximate surface area is 312 Å². The summed E-state index contributed by atoms with van der Waals surface area (Å²) in [5.41, 5.74) is 5.00. The van der Waals surface area contributed by atoms with Crippen molar-refractivity contribution in [3.63, 3.8) is 0 Å². The molecule has 0 bridgehead atoms. The smallest absolute Gasteiger partial charge is 0.352 e. The quantitative estimate of drug-likeness (QED) is 0.0525. The molecule has 19 heteroatoms. The van der Waals surface area contributed by atoms with Crippen molar-refractivity contribution in [1.29, 1.82) is 0 Å². The number of thiazole rings is 1. The number of nitrogen functional groups attached to an aromatic ring is 1. The first kappa shape index (κ1) is 37.4.